The van der Waals surface area contributed by atoms with Crippen molar-refractivity contribution in [2.45, 2.75) is 23.9 Å². The molecule has 8 nitrogen and oxygen atoms in total. The lowest BCUT2D eigenvalue weighted by Crippen LogP contribution is -2.31. The third-order valence-corrected chi connectivity index (χ3v) is 6.55. The molecule has 1 atom stereocenters. The number of rotatable bonds is 7. The van der Waals surface area contributed by atoms with Crippen LogP contribution in [-0.2, 0) is 10.5 Å². The van der Waals surface area contributed by atoms with Crippen LogP contribution in [0.3, 0.4) is 0 Å². The maximum absolute atomic E-state index is 13.5. The van der Waals surface area contributed by atoms with Crippen molar-refractivity contribution in [3.63, 3.8) is 0 Å². The van der Waals surface area contributed by atoms with Crippen LogP contribution in [0.15, 0.2) is 95.6 Å². The van der Waals surface area contributed by atoms with E-state index in [-0.39, 0.29) is 5.91 Å². The predicted molar refractivity (Wildman–Crippen MR) is 136 cm³/mol. The summed E-state index contributed by atoms with van der Waals surface area (Å²) in [7, 11) is 1.63. The van der Waals surface area contributed by atoms with Crippen LogP contribution in [0.4, 0.5) is 11.6 Å². The van der Waals surface area contributed by atoms with Gasteiger partial charge in [-0.1, -0.05) is 54.2 Å². The second-order valence-corrected chi connectivity index (χ2v) is 8.91. The quantitative estimate of drug-likeness (QED) is 0.360. The van der Waals surface area contributed by atoms with E-state index in [1.807, 2.05) is 49.4 Å². The van der Waals surface area contributed by atoms with Crippen LogP contribution < -0.4 is 15.4 Å². The van der Waals surface area contributed by atoms with Gasteiger partial charge in [-0.25, -0.2) is 4.68 Å². The van der Waals surface area contributed by atoms with E-state index in [4.69, 9.17) is 14.8 Å². The van der Waals surface area contributed by atoms with E-state index >= 15 is 0 Å². The molecule has 2 N–H and O–H groups in total. The van der Waals surface area contributed by atoms with Crippen LogP contribution in [0.5, 0.6) is 5.75 Å². The molecule has 0 saturated carbocycles. The van der Waals surface area contributed by atoms with Crippen molar-refractivity contribution in [1.29, 1.82) is 0 Å². The van der Waals surface area contributed by atoms with Crippen LogP contribution in [0.25, 0.3) is 0 Å². The summed E-state index contributed by atoms with van der Waals surface area (Å²) in [5.41, 5.74) is 3.97. The van der Waals surface area contributed by atoms with Gasteiger partial charge < -0.3 is 15.4 Å². The number of pyridine rings is 1. The fraction of sp³-hybridized carbons (Fsp3) is 0.154. The molecule has 0 spiro atoms. The minimum absolute atomic E-state index is 0.233. The monoisotopic (exact) mass is 484 g/mol. The van der Waals surface area contributed by atoms with Gasteiger partial charge >= 0.3 is 0 Å². The zero-order valence-corrected chi connectivity index (χ0v) is 20.1. The SMILES string of the molecule is COc1ccc([C@@H]2C(C(=O)Nc3cccnc3)=C(C)Nc3nc(SCc4ccccc4)nn32)cc1. The number of anilines is 2. The lowest BCUT2D eigenvalue weighted by Gasteiger charge is -2.28. The number of methoxy groups -OCH3 is 1. The number of hydrogen-bond acceptors (Lipinski definition) is 7. The Bertz CT molecular complexity index is 1350. The molecule has 3 heterocycles. The van der Waals surface area contributed by atoms with Crippen molar-refractivity contribution in [3.05, 3.63) is 102 Å². The summed E-state index contributed by atoms with van der Waals surface area (Å²) >= 11 is 1.55. The van der Waals surface area contributed by atoms with E-state index < -0.39 is 6.04 Å². The zero-order chi connectivity index (χ0) is 24.2. The number of ether oxygens (including phenoxy) is 1. The highest BCUT2D eigenvalue weighted by atomic mass is 32.2. The maximum Gasteiger partial charge on any atom is 0.255 e. The molecular formula is C26H24N6O2S. The Hall–Kier alpha value is -4.11. The van der Waals surface area contributed by atoms with Gasteiger partial charge in [-0.2, -0.15) is 4.98 Å². The molecule has 0 saturated heterocycles. The number of hydrogen-bond donors (Lipinski definition) is 2. The Labute approximate surface area is 207 Å². The first kappa shape index (κ1) is 22.7. The first-order valence-corrected chi connectivity index (χ1v) is 12.1. The van der Waals surface area contributed by atoms with Gasteiger partial charge in [0.15, 0.2) is 0 Å². The molecule has 2 aromatic carbocycles. The fourth-order valence-corrected chi connectivity index (χ4v) is 4.72. The average Bonchev–Trinajstić information content (AvgIpc) is 3.30. The molecule has 5 rings (SSSR count). The Balaban J connectivity index is 1.50. The molecule has 0 aliphatic carbocycles. The largest absolute Gasteiger partial charge is 0.497 e. The van der Waals surface area contributed by atoms with Gasteiger partial charge in [0.25, 0.3) is 5.91 Å². The number of thioether (sulfide) groups is 1. The van der Waals surface area contributed by atoms with Crippen molar-refractivity contribution in [2.75, 3.05) is 17.7 Å². The molecule has 1 amide bonds. The molecular weight excluding hydrogens is 460 g/mol. The lowest BCUT2D eigenvalue weighted by molar-refractivity contribution is -0.113. The number of nitrogens with one attached hydrogen (secondary N) is 2. The maximum atomic E-state index is 13.5. The number of carbonyl (C=O) groups is 1. The molecule has 4 aromatic rings. The molecule has 35 heavy (non-hydrogen) atoms. The highest BCUT2D eigenvalue weighted by Gasteiger charge is 2.34. The van der Waals surface area contributed by atoms with E-state index in [0.29, 0.717) is 28.1 Å². The van der Waals surface area contributed by atoms with E-state index in [1.165, 1.54) is 5.56 Å². The summed E-state index contributed by atoms with van der Waals surface area (Å²) in [4.78, 5) is 22.3. The van der Waals surface area contributed by atoms with Crippen LogP contribution in [0, 0.1) is 0 Å². The normalized spacial score (nSPS) is 14.7. The smallest absolute Gasteiger partial charge is 0.255 e. The summed E-state index contributed by atoms with van der Waals surface area (Å²) in [6.45, 7) is 1.88. The van der Waals surface area contributed by atoms with Gasteiger partial charge in [0.1, 0.15) is 11.8 Å². The summed E-state index contributed by atoms with van der Waals surface area (Å²) in [6.07, 6.45) is 3.28. The Kier molecular flexibility index (Phi) is 6.49. The van der Waals surface area contributed by atoms with Gasteiger partial charge in [0.2, 0.25) is 11.1 Å². The molecule has 1 aliphatic rings. The van der Waals surface area contributed by atoms with Gasteiger partial charge in [-0.15, -0.1) is 5.10 Å². The Morgan fingerprint density at radius 2 is 1.91 bits per heavy atom. The second kappa shape index (κ2) is 10.0. The van der Waals surface area contributed by atoms with Gasteiger partial charge in [-0.3, -0.25) is 9.78 Å². The Morgan fingerprint density at radius 3 is 2.63 bits per heavy atom. The molecule has 1 aliphatic heterocycles. The van der Waals surface area contributed by atoms with E-state index in [1.54, 1.807) is 48.1 Å². The summed E-state index contributed by atoms with van der Waals surface area (Å²) < 4.78 is 7.11. The van der Waals surface area contributed by atoms with Crippen LogP contribution >= 0.6 is 11.8 Å². The molecule has 0 unspecified atom stereocenters. The topological polar surface area (TPSA) is 94.0 Å². The highest BCUT2D eigenvalue weighted by molar-refractivity contribution is 7.98. The Morgan fingerprint density at radius 1 is 1.11 bits per heavy atom. The van der Waals surface area contributed by atoms with E-state index in [2.05, 4.69) is 27.8 Å². The van der Waals surface area contributed by atoms with Crippen LogP contribution in [0.1, 0.15) is 24.1 Å². The lowest BCUT2D eigenvalue weighted by atomic mass is 9.95. The standard InChI is InChI=1S/C26H24N6O2S/c1-17-22(24(33)29-20-9-6-14-27-15-20)23(19-10-12-21(34-2)13-11-19)32-25(28-17)30-26(31-32)35-16-18-7-4-3-5-8-18/h3-15,23H,16H2,1-2H3,(H,29,33)(H,28,30,31)/t23-/m1/s1. The fourth-order valence-electron chi connectivity index (χ4n) is 3.94. The van der Waals surface area contributed by atoms with E-state index in [9.17, 15) is 4.79 Å². The number of nitrogens with zero attached hydrogens (tertiary/aromatic N) is 4. The molecule has 2 aromatic heterocycles. The number of amides is 1. The molecule has 176 valence electrons. The van der Waals surface area contributed by atoms with E-state index in [0.717, 1.165) is 17.1 Å². The first-order valence-electron chi connectivity index (χ1n) is 11.1. The third-order valence-electron chi connectivity index (χ3n) is 5.64. The van der Waals surface area contributed by atoms with Crippen molar-refractivity contribution in [2.24, 2.45) is 0 Å². The first-order chi connectivity index (χ1) is 17.1. The number of carbonyl (C=O) groups excluding carboxylic acids is 1. The van der Waals surface area contributed by atoms with Crippen LogP contribution in [-0.4, -0.2) is 32.8 Å². The number of allylic oxidation sites excluding steroid dienone is 1. The minimum Gasteiger partial charge on any atom is -0.497 e. The van der Waals surface area contributed by atoms with Gasteiger partial charge in [-0.05, 0) is 42.3 Å². The average molecular weight is 485 g/mol. The van der Waals surface area contributed by atoms with Crippen molar-refractivity contribution in [1.82, 2.24) is 19.7 Å². The zero-order valence-electron chi connectivity index (χ0n) is 19.3. The number of benzene rings is 2. The summed E-state index contributed by atoms with van der Waals surface area (Å²) in [6, 6.07) is 21.0. The molecule has 0 radical (unpaired) electrons. The molecule has 0 fully saturated rings. The summed E-state index contributed by atoms with van der Waals surface area (Å²) in [5, 5.41) is 11.7. The third kappa shape index (κ3) is 4.90. The van der Waals surface area contributed by atoms with Gasteiger partial charge in [0.05, 0.1) is 24.6 Å². The number of aromatic nitrogens is 4. The molecule has 9 heteroatoms. The van der Waals surface area contributed by atoms with Crippen LogP contribution in [0.2, 0.25) is 0 Å². The van der Waals surface area contributed by atoms with Crippen molar-refractivity contribution in [3.8, 4) is 5.75 Å². The van der Waals surface area contributed by atoms with Gasteiger partial charge in [0, 0.05) is 17.6 Å². The van der Waals surface area contributed by atoms with Crippen molar-refractivity contribution >= 4 is 29.3 Å². The summed E-state index contributed by atoms with van der Waals surface area (Å²) in [5.74, 6) is 1.85. The minimum atomic E-state index is -0.465. The predicted octanol–water partition coefficient (Wildman–Crippen LogP) is 4.90. The second-order valence-electron chi connectivity index (χ2n) is 7.97. The number of fused-ring (bicyclic) bond motifs is 1. The van der Waals surface area contributed by atoms with Crippen molar-refractivity contribution < 1.29 is 9.53 Å². The highest BCUT2D eigenvalue weighted by Crippen LogP contribution is 2.37. The molecule has 0 bridgehead atoms.